The van der Waals surface area contributed by atoms with Gasteiger partial charge in [-0.15, -0.1) is 12.4 Å². The van der Waals surface area contributed by atoms with Gasteiger partial charge in [-0.05, 0) is 62.4 Å². The maximum absolute atomic E-state index is 13.1. The minimum absolute atomic E-state index is 0. The Labute approximate surface area is 178 Å². The minimum Gasteiger partial charge on any atom is -0.338 e. The maximum atomic E-state index is 13.1. The number of benzene rings is 2. The van der Waals surface area contributed by atoms with Crippen molar-refractivity contribution < 1.29 is 9.59 Å². The van der Waals surface area contributed by atoms with Gasteiger partial charge in [-0.2, -0.15) is 0 Å². The van der Waals surface area contributed by atoms with Crippen LogP contribution in [0.1, 0.15) is 46.4 Å². The molecule has 2 aliphatic rings. The lowest BCUT2D eigenvalue weighted by Gasteiger charge is -2.33. The van der Waals surface area contributed by atoms with E-state index in [1.165, 1.54) is 12.8 Å². The highest BCUT2D eigenvalue weighted by molar-refractivity contribution is 6.09. The molecule has 2 amide bonds. The molecule has 2 aromatic rings. The molecule has 0 aromatic heterocycles. The van der Waals surface area contributed by atoms with Crippen molar-refractivity contribution in [1.29, 1.82) is 0 Å². The summed E-state index contributed by atoms with van der Waals surface area (Å²) in [6.07, 6.45) is 4.68. The zero-order valence-electron chi connectivity index (χ0n) is 16.5. The second-order valence-electron chi connectivity index (χ2n) is 7.78. The van der Waals surface area contributed by atoms with Crippen molar-refractivity contribution in [3.8, 4) is 0 Å². The van der Waals surface area contributed by atoms with Crippen molar-refractivity contribution in [2.75, 3.05) is 25.0 Å². The minimum atomic E-state index is -0.205. The molecule has 2 aromatic carbocycles. The summed E-state index contributed by atoms with van der Waals surface area (Å²) in [5, 5.41) is 6.54. The molecule has 5 nitrogen and oxygen atoms in total. The van der Waals surface area contributed by atoms with Crippen LogP contribution >= 0.6 is 12.4 Å². The Morgan fingerprint density at radius 3 is 2.24 bits per heavy atom. The maximum Gasteiger partial charge on any atom is 0.255 e. The molecule has 29 heavy (non-hydrogen) atoms. The van der Waals surface area contributed by atoms with E-state index in [-0.39, 0.29) is 24.2 Å². The Hall–Kier alpha value is -2.37. The van der Waals surface area contributed by atoms with Crippen LogP contribution in [0, 0.1) is 5.92 Å². The first kappa shape index (κ1) is 21.3. The SMILES string of the molecule is Cl.O=C(Nc1ccccc1C(=O)N1CCC(NCC2CC2)CC1)c1ccccc1. The predicted molar refractivity (Wildman–Crippen MR) is 118 cm³/mol. The van der Waals surface area contributed by atoms with Crippen LogP contribution < -0.4 is 10.6 Å². The van der Waals surface area contributed by atoms with Crippen LogP contribution in [0.5, 0.6) is 0 Å². The number of rotatable bonds is 6. The number of carbonyl (C=O) groups excluding carboxylic acids is 2. The van der Waals surface area contributed by atoms with Crippen LogP contribution in [0.2, 0.25) is 0 Å². The molecule has 0 atom stereocenters. The third kappa shape index (κ3) is 5.58. The molecular formula is C23H28ClN3O2. The first-order valence-electron chi connectivity index (χ1n) is 10.2. The number of hydrogen-bond donors (Lipinski definition) is 2. The van der Waals surface area contributed by atoms with Gasteiger partial charge in [0, 0.05) is 24.7 Å². The Morgan fingerprint density at radius 1 is 0.897 bits per heavy atom. The van der Waals surface area contributed by atoms with E-state index in [4.69, 9.17) is 0 Å². The van der Waals surface area contributed by atoms with Crippen LogP contribution in [0.3, 0.4) is 0 Å². The molecule has 1 aliphatic carbocycles. The number of nitrogens with one attached hydrogen (secondary N) is 2. The van der Waals surface area contributed by atoms with Gasteiger partial charge in [-0.1, -0.05) is 30.3 Å². The highest BCUT2D eigenvalue weighted by Gasteiger charge is 2.27. The third-order valence-electron chi connectivity index (χ3n) is 5.62. The average molecular weight is 414 g/mol. The largest absolute Gasteiger partial charge is 0.338 e. The van der Waals surface area contributed by atoms with Gasteiger partial charge in [0.05, 0.1) is 11.3 Å². The number of carbonyl (C=O) groups is 2. The number of para-hydroxylation sites is 1. The van der Waals surface area contributed by atoms with Crippen molar-refractivity contribution in [3.05, 3.63) is 65.7 Å². The molecule has 0 bridgehead atoms. The summed E-state index contributed by atoms with van der Waals surface area (Å²) in [7, 11) is 0. The number of likely N-dealkylation sites (tertiary alicyclic amines) is 1. The number of halogens is 1. The molecule has 1 saturated carbocycles. The molecule has 0 spiro atoms. The summed E-state index contributed by atoms with van der Waals surface area (Å²) in [6, 6.07) is 16.8. The van der Waals surface area contributed by atoms with Gasteiger partial charge in [0.1, 0.15) is 0 Å². The summed E-state index contributed by atoms with van der Waals surface area (Å²) < 4.78 is 0. The molecule has 2 N–H and O–H groups in total. The van der Waals surface area contributed by atoms with E-state index in [0.29, 0.717) is 22.9 Å². The highest BCUT2D eigenvalue weighted by Crippen LogP contribution is 2.28. The predicted octanol–water partition coefficient (Wildman–Crippen LogP) is 3.96. The number of piperidine rings is 1. The smallest absolute Gasteiger partial charge is 0.255 e. The fourth-order valence-corrected chi connectivity index (χ4v) is 3.67. The van der Waals surface area contributed by atoms with E-state index in [0.717, 1.165) is 38.4 Å². The fourth-order valence-electron chi connectivity index (χ4n) is 3.67. The number of nitrogens with zero attached hydrogens (tertiary/aromatic N) is 1. The van der Waals surface area contributed by atoms with E-state index in [1.54, 1.807) is 24.3 Å². The highest BCUT2D eigenvalue weighted by atomic mass is 35.5. The van der Waals surface area contributed by atoms with Crippen LogP contribution in [-0.4, -0.2) is 42.4 Å². The van der Waals surface area contributed by atoms with Crippen molar-refractivity contribution >= 4 is 29.9 Å². The molecule has 0 unspecified atom stereocenters. The standard InChI is InChI=1S/C23H27N3O2.ClH/c27-22(18-6-2-1-3-7-18)25-21-9-5-4-8-20(21)23(28)26-14-12-19(13-15-26)24-16-17-10-11-17;/h1-9,17,19,24H,10-16H2,(H,25,27);1H. The Kier molecular flexibility index (Phi) is 7.29. The first-order chi connectivity index (χ1) is 13.7. The lowest BCUT2D eigenvalue weighted by molar-refractivity contribution is 0.0706. The average Bonchev–Trinajstić information content (AvgIpc) is 3.58. The second kappa shape index (κ2) is 9.90. The quantitative estimate of drug-likeness (QED) is 0.753. The summed E-state index contributed by atoms with van der Waals surface area (Å²) >= 11 is 0. The Morgan fingerprint density at radius 2 is 1.55 bits per heavy atom. The molecule has 1 aliphatic heterocycles. The number of anilines is 1. The van der Waals surface area contributed by atoms with E-state index in [2.05, 4.69) is 10.6 Å². The molecule has 0 radical (unpaired) electrons. The lowest BCUT2D eigenvalue weighted by Crippen LogP contribution is -2.45. The molecule has 4 rings (SSSR count). The van der Waals surface area contributed by atoms with E-state index >= 15 is 0 Å². The third-order valence-corrected chi connectivity index (χ3v) is 5.62. The summed E-state index contributed by atoms with van der Waals surface area (Å²) in [5.74, 6) is 0.660. The lowest BCUT2D eigenvalue weighted by atomic mass is 10.0. The fraction of sp³-hybridized carbons (Fsp3) is 0.391. The number of amides is 2. The monoisotopic (exact) mass is 413 g/mol. The molecule has 1 saturated heterocycles. The van der Waals surface area contributed by atoms with Crippen molar-refractivity contribution in [1.82, 2.24) is 10.2 Å². The van der Waals surface area contributed by atoms with Crippen LogP contribution in [0.25, 0.3) is 0 Å². The second-order valence-corrected chi connectivity index (χ2v) is 7.78. The molecule has 6 heteroatoms. The Balaban J connectivity index is 0.00000240. The van der Waals surface area contributed by atoms with Crippen LogP contribution in [0.15, 0.2) is 54.6 Å². The molecule has 154 valence electrons. The van der Waals surface area contributed by atoms with Gasteiger partial charge in [0.2, 0.25) is 0 Å². The van der Waals surface area contributed by atoms with E-state index in [9.17, 15) is 9.59 Å². The van der Waals surface area contributed by atoms with Crippen molar-refractivity contribution in [2.24, 2.45) is 5.92 Å². The molecule has 1 heterocycles. The van der Waals surface area contributed by atoms with Gasteiger partial charge < -0.3 is 15.5 Å². The summed E-state index contributed by atoms with van der Waals surface area (Å²) in [4.78, 5) is 27.5. The zero-order valence-corrected chi connectivity index (χ0v) is 17.3. The van der Waals surface area contributed by atoms with Gasteiger partial charge in [0.15, 0.2) is 0 Å². The van der Waals surface area contributed by atoms with Crippen LogP contribution in [-0.2, 0) is 0 Å². The number of hydrogen-bond acceptors (Lipinski definition) is 3. The Bertz CT molecular complexity index is 831. The summed E-state index contributed by atoms with van der Waals surface area (Å²) in [5.41, 5.74) is 1.69. The van der Waals surface area contributed by atoms with Gasteiger partial charge in [-0.3, -0.25) is 9.59 Å². The topological polar surface area (TPSA) is 61.4 Å². The van der Waals surface area contributed by atoms with Crippen molar-refractivity contribution in [2.45, 2.75) is 31.7 Å². The van der Waals surface area contributed by atoms with E-state index < -0.39 is 0 Å². The normalized spacial score (nSPS) is 16.8. The molecule has 2 fully saturated rings. The van der Waals surface area contributed by atoms with Crippen molar-refractivity contribution in [3.63, 3.8) is 0 Å². The first-order valence-corrected chi connectivity index (χ1v) is 10.2. The van der Waals surface area contributed by atoms with E-state index in [1.807, 2.05) is 35.2 Å². The van der Waals surface area contributed by atoms with Gasteiger partial charge in [-0.25, -0.2) is 0 Å². The zero-order chi connectivity index (χ0) is 19.3. The van der Waals surface area contributed by atoms with Gasteiger partial charge >= 0.3 is 0 Å². The summed E-state index contributed by atoms with van der Waals surface area (Å²) in [6.45, 7) is 2.62. The van der Waals surface area contributed by atoms with Crippen LogP contribution in [0.4, 0.5) is 5.69 Å². The van der Waals surface area contributed by atoms with Gasteiger partial charge in [0.25, 0.3) is 11.8 Å². The molecular weight excluding hydrogens is 386 g/mol.